The molecule has 0 aliphatic rings. The summed E-state index contributed by atoms with van der Waals surface area (Å²) in [7, 11) is 4.35. The number of rotatable bonds is 6. The third kappa shape index (κ3) is 4.63. The second-order valence-electron chi connectivity index (χ2n) is 5.25. The summed E-state index contributed by atoms with van der Waals surface area (Å²) >= 11 is 5.93. The van der Waals surface area contributed by atoms with Crippen LogP contribution in [0.2, 0.25) is 5.02 Å². The Kier molecular flexibility index (Phi) is 6.52. The number of nitrogens with zero attached hydrogens (tertiary/aromatic N) is 1. The Morgan fingerprint density at radius 1 is 1.11 bits per heavy atom. The van der Waals surface area contributed by atoms with E-state index in [-0.39, 0.29) is 22.1 Å². The van der Waals surface area contributed by atoms with Gasteiger partial charge in [0.15, 0.2) is 23.0 Å². The number of amides is 1. The normalized spacial score (nSPS) is 10.7. The highest BCUT2D eigenvalue weighted by atomic mass is 35.5. The van der Waals surface area contributed by atoms with E-state index >= 15 is 0 Å². The van der Waals surface area contributed by atoms with Gasteiger partial charge < -0.3 is 24.6 Å². The van der Waals surface area contributed by atoms with Gasteiger partial charge in [-0.25, -0.2) is 0 Å². The maximum atomic E-state index is 12.4. The van der Waals surface area contributed by atoms with Crippen LogP contribution in [-0.2, 0) is 4.79 Å². The first kappa shape index (κ1) is 19.9. The van der Waals surface area contributed by atoms with E-state index in [2.05, 4.69) is 5.32 Å². The average molecular weight is 389 g/mol. The second-order valence-corrected chi connectivity index (χ2v) is 5.65. The number of hydrogen-bond acceptors (Lipinski definition) is 6. The number of nitriles is 1. The van der Waals surface area contributed by atoms with E-state index in [1.54, 1.807) is 18.2 Å². The Hall–Kier alpha value is -3.37. The molecule has 1 amide bonds. The molecule has 140 valence electrons. The van der Waals surface area contributed by atoms with Crippen molar-refractivity contribution >= 4 is 29.3 Å². The molecular weight excluding hydrogens is 372 g/mol. The number of benzene rings is 2. The molecule has 8 heteroatoms. The summed E-state index contributed by atoms with van der Waals surface area (Å²) in [5.74, 6) is 0.244. The van der Waals surface area contributed by atoms with Crippen LogP contribution in [0.25, 0.3) is 6.08 Å². The molecule has 27 heavy (non-hydrogen) atoms. The fraction of sp³-hybridized carbons (Fsp3) is 0.158. The number of anilines is 1. The molecule has 0 aliphatic carbocycles. The van der Waals surface area contributed by atoms with E-state index in [1.165, 1.54) is 39.5 Å². The lowest BCUT2D eigenvalue weighted by molar-refractivity contribution is -0.112. The number of ether oxygens (including phenoxy) is 3. The Labute approximate surface area is 161 Å². The van der Waals surface area contributed by atoms with Crippen molar-refractivity contribution in [1.29, 1.82) is 5.26 Å². The Bertz CT molecular complexity index is 934. The number of aromatic hydroxyl groups is 1. The number of hydrogen-bond donors (Lipinski definition) is 2. The minimum absolute atomic E-state index is 0.0400. The molecule has 0 heterocycles. The van der Waals surface area contributed by atoms with Crippen molar-refractivity contribution in [3.05, 3.63) is 46.5 Å². The molecule has 0 fully saturated rings. The van der Waals surface area contributed by atoms with E-state index in [1.807, 2.05) is 6.07 Å². The summed E-state index contributed by atoms with van der Waals surface area (Å²) in [6.45, 7) is 0. The number of nitrogens with one attached hydrogen (secondary N) is 1. The largest absolute Gasteiger partial charge is 0.503 e. The van der Waals surface area contributed by atoms with Crippen LogP contribution in [0.15, 0.2) is 35.9 Å². The number of phenols is 1. The zero-order valence-electron chi connectivity index (χ0n) is 14.9. The van der Waals surface area contributed by atoms with Crippen molar-refractivity contribution in [2.24, 2.45) is 0 Å². The minimum Gasteiger partial charge on any atom is -0.503 e. The van der Waals surface area contributed by atoms with Crippen LogP contribution in [0.4, 0.5) is 5.69 Å². The third-order valence-electron chi connectivity index (χ3n) is 3.59. The van der Waals surface area contributed by atoms with E-state index < -0.39 is 5.91 Å². The quantitative estimate of drug-likeness (QED) is 0.579. The molecule has 0 unspecified atom stereocenters. The summed E-state index contributed by atoms with van der Waals surface area (Å²) in [4.78, 5) is 12.4. The van der Waals surface area contributed by atoms with Gasteiger partial charge in [0.1, 0.15) is 11.6 Å². The SMILES string of the molecule is COc1ccc(NC(=O)/C(C#N)=C/c2cc(Cl)c(O)c(OC)c2)cc1OC. The molecule has 0 aromatic heterocycles. The highest BCUT2D eigenvalue weighted by Gasteiger charge is 2.14. The van der Waals surface area contributed by atoms with Crippen molar-refractivity contribution in [3.8, 4) is 29.1 Å². The van der Waals surface area contributed by atoms with Crippen molar-refractivity contribution in [2.75, 3.05) is 26.6 Å². The maximum Gasteiger partial charge on any atom is 0.266 e. The fourth-order valence-electron chi connectivity index (χ4n) is 2.26. The van der Waals surface area contributed by atoms with Crippen LogP contribution >= 0.6 is 11.6 Å². The number of phenolic OH excluding ortho intramolecular Hbond substituents is 1. The number of carbonyl (C=O) groups excluding carboxylic acids is 1. The number of carbonyl (C=O) groups is 1. The molecule has 0 saturated heterocycles. The molecule has 2 rings (SSSR count). The molecule has 2 aromatic rings. The maximum absolute atomic E-state index is 12.4. The van der Waals surface area contributed by atoms with Gasteiger partial charge in [-0.15, -0.1) is 0 Å². The molecule has 0 saturated carbocycles. The van der Waals surface area contributed by atoms with Crippen LogP contribution in [0.1, 0.15) is 5.56 Å². The van der Waals surface area contributed by atoms with Crippen LogP contribution in [-0.4, -0.2) is 32.3 Å². The standard InChI is InChI=1S/C19H17ClN2O5/c1-25-15-5-4-13(9-16(15)26-2)22-19(24)12(10-21)6-11-7-14(20)18(23)17(8-11)27-3/h4-9,23H,1-3H3,(H,22,24)/b12-6+. The summed E-state index contributed by atoms with van der Waals surface area (Å²) in [6.07, 6.45) is 1.34. The van der Waals surface area contributed by atoms with Gasteiger partial charge in [0, 0.05) is 11.8 Å². The van der Waals surface area contributed by atoms with Crippen LogP contribution in [0.5, 0.6) is 23.0 Å². The lowest BCUT2D eigenvalue weighted by Crippen LogP contribution is -2.13. The summed E-state index contributed by atoms with van der Waals surface area (Å²) in [5, 5.41) is 21.8. The van der Waals surface area contributed by atoms with E-state index in [0.29, 0.717) is 22.7 Å². The Morgan fingerprint density at radius 3 is 2.37 bits per heavy atom. The monoisotopic (exact) mass is 388 g/mol. The average Bonchev–Trinajstić information content (AvgIpc) is 2.68. The molecule has 2 N–H and O–H groups in total. The van der Waals surface area contributed by atoms with E-state index in [4.69, 9.17) is 25.8 Å². The smallest absolute Gasteiger partial charge is 0.266 e. The van der Waals surface area contributed by atoms with Crippen molar-refractivity contribution in [3.63, 3.8) is 0 Å². The molecule has 0 bridgehead atoms. The first-order valence-electron chi connectivity index (χ1n) is 7.65. The van der Waals surface area contributed by atoms with Gasteiger partial charge >= 0.3 is 0 Å². The topological polar surface area (TPSA) is 101 Å². The number of halogens is 1. The van der Waals surface area contributed by atoms with Gasteiger partial charge in [-0.2, -0.15) is 5.26 Å². The molecule has 7 nitrogen and oxygen atoms in total. The molecule has 0 radical (unpaired) electrons. The van der Waals surface area contributed by atoms with Gasteiger partial charge in [-0.05, 0) is 35.9 Å². The van der Waals surface area contributed by atoms with Crippen LogP contribution in [0.3, 0.4) is 0 Å². The predicted octanol–water partition coefficient (Wildman–Crippen LogP) is 3.62. The van der Waals surface area contributed by atoms with Gasteiger partial charge in [0.05, 0.1) is 26.4 Å². The number of methoxy groups -OCH3 is 3. The molecular formula is C19H17ClN2O5. The van der Waals surface area contributed by atoms with Gasteiger partial charge in [-0.3, -0.25) is 4.79 Å². The summed E-state index contributed by atoms with van der Waals surface area (Å²) < 4.78 is 15.3. The first-order valence-corrected chi connectivity index (χ1v) is 8.03. The van der Waals surface area contributed by atoms with Gasteiger partial charge in [0.2, 0.25) is 0 Å². The van der Waals surface area contributed by atoms with E-state index in [9.17, 15) is 15.2 Å². The third-order valence-corrected chi connectivity index (χ3v) is 3.88. The lowest BCUT2D eigenvalue weighted by Gasteiger charge is -2.10. The Morgan fingerprint density at radius 2 is 1.78 bits per heavy atom. The summed E-state index contributed by atoms with van der Waals surface area (Å²) in [6, 6.07) is 9.55. The zero-order chi connectivity index (χ0) is 20.0. The molecule has 0 aliphatic heterocycles. The zero-order valence-corrected chi connectivity index (χ0v) is 15.6. The van der Waals surface area contributed by atoms with Crippen molar-refractivity contribution < 1.29 is 24.1 Å². The highest BCUT2D eigenvalue weighted by Crippen LogP contribution is 2.35. The minimum atomic E-state index is -0.618. The van der Waals surface area contributed by atoms with Crippen LogP contribution < -0.4 is 19.5 Å². The summed E-state index contributed by atoms with van der Waals surface area (Å²) in [5.41, 5.74) is 0.697. The van der Waals surface area contributed by atoms with Crippen LogP contribution in [0, 0.1) is 11.3 Å². The first-order chi connectivity index (χ1) is 12.9. The fourth-order valence-corrected chi connectivity index (χ4v) is 2.48. The van der Waals surface area contributed by atoms with Gasteiger partial charge in [0.25, 0.3) is 5.91 Å². The lowest BCUT2D eigenvalue weighted by atomic mass is 10.1. The molecule has 0 spiro atoms. The van der Waals surface area contributed by atoms with Crippen molar-refractivity contribution in [1.82, 2.24) is 0 Å². The molecule has 2 aromatic carbocycles. The van der Waals surface area contributed by atoms with Crippen molar-refractivity contribution in [2.45, 2.75) is 0 Å². The van der Waals surface area contributed by atoms with Gasteiger partial charge in [-0.1, -0.05) is 11.6 Å². The second kappa shape index (κ2) is 8.83. The van der Waals surface area contributed by atoms with E-state index in [0.717, 1.165) is 0 Å². The predicted molar refractivity (Wildman–Crippen MR) is 101 cm³/mol. The Balaban J connectivity index is 2.30. The highest BCUT2D eigenvalue weighted by molar-refractivity contribution is 6.32. The molecule has 0 atom stereocenters.